The molecule has 1 saturated heterocycles. The Kier molecular flexibility index (Phi) is 15.6. The zero-order valence-corrected chi connectivity index (χ0v) is 23.4. The first-order valence-electron chi connectivity index (χ1n) is 12.9. The number of carbonyl (C=O) groups is 2. The molecule has 0 saturated carbocycles. The van der Waals surface area contributed by atoms with Gasteiger partial charge in [0.1, 0.15) is 17.5 Å². The van der Waals surface area contributed by atoms with Crippen LogP contribution in [0.1, 0.15) is 54.2 Å². The number of aromatic hydroxyl groups is 1. The lowest BCUT2D eigenvalue weighted by molar-refractivity contribution is -0.151. The van der Waals surface area contributed by atoms with Gasteiger partial charge in [0.05, 0.1) is 13.2 Å². The van der Waals surface area contributed by atoms with Crippen LogP contribution < -0.4 is 10.1 Å². The third-order valence-electron chi connectivity index (χ3n) is 6.11. The molecule has 1 aliphatic rings. The fraction of sp³-hybridized carbons (Fsp3) is 0.387. The first-order valence-corrected chi connectivity index (χ1v) is 12.9. The summed E-state index contributed by atoms with van der Waals surface area (Å²) in [6.45, 7) is 10.8. The summed E-state index contributed by atoms with van der Waals surface area (Å²) in [5.74, 6) is 0.675. The molecule has 212 valence electrons. The highest BCUT2D eigenvalue weighted by Gasteiger charge is 2.25. The summed E-state index contributed by atoms with van der Waals surface area (Å²) in [7, 11) is 3.24. The first kappa shape index (κ1) is 33.1. The van der Waals surface area contributed by atoms with Crippen LogP contribution in [0.2, 0.25) is 0 Å². The Morgan fingerprint density at radius 3 is 2.46 bits per heavy atom. The number of allylic oxidation sites excluding steroid dienone is 3. The van der Waals surface area contributed by atoms with Crippen molar-refractivity contribution >= 4 is 12.3 Å². The number of aliphatic hydroxyl groups excluding tert-OH is 1. The van der Waals surface area contributed by atoms with E-state index in [1.54, 1.807) is 0 Å². The molecule has 0 aliphatic carbocycles. The number of nitrogens with one attached hydrogen (secondary N) is 1. The lowest BCUT2D eigenvalue weighted by Crippen LogP contribution is -2.36. The molecule has 2 heterocycles. The van der Waals surface area contributed by atoms with E-state index in [4.69, 9.17) is 14.6 Å². The van der Waals surface area contributed by atoms with Gasteiger partial charge in [-0.05, 0) is 70.2 Å². The fourth-order valence-electron chi connectivity index (χ4n) is 4.04. The molecule has 3 rings (SSSR count). The highest BCUT2D eigenvalue weighted by atomic mass is 16.5. The van der Waals surface area contributed by atoms with Gasteiger partial charge in [0, 0.05) is 12.3 Å². The van der Waals surface area contributed by atoms with Crippen LogP contribution in [0.3, 0.4) is 0 Å². The van der Waals surface area contributed by atoms with Crippen molar-refractivity contribution in [3.63, 3.8) is 0 Å². The van der Waals surface area contributed by atoms with Gasteiger partial charge in [-0.25, -0.2) is 4.98 Å². The van der Waals surface area contributed by atoms with Gasteiger partial charge < -0.3 is 25.0 Å². The number of methoxy groups -OCH3 is 1. The van der Waals surface area contributed by atoms with Gasteiger partial charge >= 0.3 is 5.97 Å². The van der Waals surface area contributed by atoms with Crippen LogP contribution in [0.15, 0.2) is 73.7 Å². The first-order chi connectivity index (χ1) is 18.7. The summed E-state index contributed by atoms with van der Waals surface area (Å²) < 4.78 is 10.3. The van der Waals surface area contributed by atoms with Crippen LogP contribution in [0.4, 0.5) is 0 Å². The van der Waals surface area contributed by atoms with Gasteiger partial charge in [-0.2, -0.15) is 0 Å². The number of nitrogens with zero attached hydrogens (tertiary/aromatic N) is 1. The predicted octanol–water partition coefficient (Wildman–Crippen LogP) is 5.66. The van der Waals surface area contributed by atoms with E-state index in [0.717, 1.165) is 32.1 Å². The molecule has 1 fully saturated rings. The van der Waals surface area contributed by atoms with Crippen LogP contribution in [0.25, 0.3) is 0 Å². The molecule has 1 aromatic heterocycles. The van der Waals surface area contributed by atoms with Crippen molar-refractivity contribution in [2.75, 3.05) is 14.2 Å². The van der Waals surface area contributed by atoms with Crippen molar-refractivity contribution in [2.45, 2.75) is 58.1 Å². The summed E-state index contributed by atoms with van der Waals surface area (Å²) in [6.07, 6.45) is 11.3. The number of likely N-dealkylation sites (N-methyl/N-ethyl adjacent to an activating group) is 1. The second-order valence-electron chi connectivity index (χ2n) is 9.21. The zero-order chi connectivity index (χ0) is 29.2. The summed E-state index contributed by atoms with van der Waals surface area (Å²) in [4.78, 5) is 25.8. The summed E-state index contributed by atoms with van der Waals surface area (Å²) in [5.41, 5.74) is 2.67. The Hall–Kier alpha value is -3.91. The number of hydrogen-bond acceptors (Lipinski definition) is 8. The summed E-state index contributed by atoms with van der Waals surface area (Å²) in [5, 5.41) is 20.8. The second-order valence-corrected chi connectivity index (χ2v) is 9.21. The molecule has 0 radical (unpaired) electrons. The van der Waals surface area contributed by atoms with Crippen LogP contribution in [-0.2, 0) is 16.0 Å². The highest BCUT2D eigenvalue weighted by Crippen LogP contribution is 2.26. The number of carbonyl (C=O) groups excluding carboxylic acids is 2. The van der Waals surface area contributed by atoms with E-state index in [1.807, 2.05) is 14.0 Å². The largest absolute Gasteiger partial charge is 0.508 e. The molecule has 1 aliphatic heterocycles. The maximum Gasteiger partial charge on any atom is 0.323 e. The number of aliphatic hydroxyl groups is 1. The van der Waals surface area contributed by atoms with E-state index in [0.29, 0.717) is 12.2 Å². The molecular weight excluding hydrogens is 496 g/mol. The Labute approximate surface area is 232 Å². The van der Waals surface area contributed by atoms with Crippen molar-refractivity contribution in [3.05, 3.63) is 90.5 Å². The van der Waals surface area contributed by atoms with Crippen LogP contribution in [0, 0.1) is 12.8 Å². The van der Waals surface area contributed by atoms with E-state index >= 15 is 0 Å². The SMILES string of the molecule is C=C/C=C(/O)C=C.CN[C@H]1CCCC(Cc2ccc(C)cc2)CC(C)OC1=O.COc1ccnc(C=O)c1O. The number of cyclic esters (lactones) is 1. The normalized spacial score (nSPS) is 19.2. The molecule has 2 aromatic rings. The van der Waals surface area contributed by atoms with Crippen molar-refractivity contribution in [1.29, 1.82) is 0 Å². The molecular formula is C31H42N2O6. The van der Waals surface area contributed by atoms with E-state index in [2.05, 4.69) is 54.6 Å². The average Bonchev–Trinajstić information content (AvgIpc) is 2.99. The Balaban J connectivity index is 0.000000352. The highest BCUT2D eigenvalue weighted by molar-refractivity contribution is 5.77. The third kappa shape index (κ3) is 12.5. The van der Waals surface area contributed by atoms with Crippen LogP contribution >= 0.6 is 0 Å². The van der Waals surface area contributed by atoms with Crippen molar-refractivity contribution in [3.8, 4) is 11.5 Å². The molecule has 8 nitrogen and oxygen atoms in total. The van der Waals surface area contributed by atoms with Crippen molar-refractivity contribution in [2.24, 2.45) is 5.92 Å². The number of aldehydes is 1. The van der Waals surface area contributed by atoms with Gasteiger partial charge in [-0.1, -0.05) is 55.5 Å². The standard InChI is InChI=1S/C18H27NO2.C7H7NO3.C6H8O/c1-13-7-9-15(10-8-13)12-16-5-4-6-17(19-3)18(20)21-14(2)11-16;1-11-6-2-3-8-5(4-9)7(6)10;1-3-5-6(7)4-2/h7-10,14,16-17,19H,4-6,11-12H2,1-3H3;2-4,10H,1H3;3-5,7H,1-2H2/b;;6-5+/t14?,16?,17-;;/m0../s1. The van der Waals surface area contributed by atoms with Crippen molar-refractivity contribution in [1.82, 2.24) is 10.3 Å². The van der Waals surface area contributed by atoms with Crippen molar-refractivity contribution < 1.29 is 29.3 Å². The predicted molar refractivity (Wildman–Crippen MR) is 154 cm³/mol. The number of hydrogen-bond donors (Lipinski definition) is 3. The van der Waals surface area contributed by atoms with Crippen LogP contribution in [-0.4, -0.2) is 53.8 Å². The Bertz CT molecular complexity index is 1080. The van der Waals surface area contributed by atoms with Gasteiger partial charge in [0.25, 0.3) is 0 Å². The van der Waals surface area contributed by atoms with E-state index < -0.39 is 0 Å². The monoisotopic (exact) mass is 538 g/mol. The number of rotatable bonds is 7. The number of pyridine rings is 1. The number of aryl methyl sites for hydroxylation is 1. The molecule has 3 atom stereocenters. The van der Waals surface area contributed by atoms with Gasteiger partial charge in [-0.3, -0.25) is 9.59 Å². The molecule has 2 unspecified atom stereocenters. The van der Waals surface area contributed by atoms with E-state index in [9.17, 15) is 14.7 Å². The third-order valence-corrected chi connectivity index (χ3v) is 6.11. The topological polar surface area (TPSA) is 118 Å². The molecule has 0 bridgehead atoms. The lowest BCUT2D eigenvalue weighted by atomic mass is 9.89. The summed E-state index contributed by atoms with van der Waals surface area (Å²) >= 11 is 0. The molecule has 0 spiro atoms. The van der Waals surface area contributed by atoms with Gasteiger partial charge in [0.15, 0.2) is 17.8 Å². The number of ether oxygens (including phenoxy) is 2. The molecule has 1 aromatic carbocycles. The smallest absolute Gasteiger partial charge is 0.323 e. The van der Waals surface area contributed by atoms with E-state index in [1.165, 1.54) is 48.7 Å². The van der Waals surface area contributed by atoms with Gasteiger partial charge in [0.2, 0.25) is 0 Å². The average molecular weight is 539 g/mol. The maximum absolute atomic E-state index is 12.0. The fourth-order valence-corrected chi connectivity index (χ4v) is 4.04. The minimum absolute atomic E-state index is 0.00176. The number of aromatic nitrogens is 1. The van der Waals surface area contributed by atoms with Gasteiger partial charge in [-0.15, -0.1) is 0 Å². The quantitative estimate of drug-likeness (QED) is 0.179. The summed E-state index contributed by atoms with van der Waals surface area (Å²) in [6, 6.07) is 10.1. The second kappa shape index (κ2) is 18.4. The molecule has 39 heavy (non-hydrogen) atoms. The lowest BCUT2D eigenvalue weighted by Gasteiger charge is -2.20. The minimum atomic E-state index is -0.218. The molecule has 3 N–H and O–H groups in total. The Morgan fingerprint density at radius 1 is 1.23 bits per heavy atom. The minimum Gasteiger partial charge on any atom is -0.508 e. The maximum atomic E-state index is 12.0. The number of benzene rings is 1. The van der Waals surface area contributed by atoms with Crippen LogP contribution in [0.5, 0.6) is 11.5 Å². The molecule has 8 heteroatoms. The van der Waals surface area contributed by atoms with E-state index in [-0.39, 0.29) is 41.1 Å². The zero-order valence-electron chi connectivity index (χ0n) is 23.4. The number of esters is 1. The Morgan fingerprint density at radius 2 is 1.92 bits per heavy atom. The molecule has 0 amide bonds.